The zero-order valence-electron chi connectivity index (χ0n) is 19.1. The molecule has 0 aliphatic carbocycles. The Bertz CT molecular complexity index is 1050. The molecule has 0 spiro atoms. The van der Waals surface area contributed by atoms with Gasteiger partial charge in [0.25, 0.3) is 0 Å². The van der Waals surface area contributed by atoms with Gasteiger partial charge in [0.05, 0.1) is 13.1 Å². The predicted molar refractivity (Wildman–Crippen MR) is 127 cm³/mol. The fraction of sp³-hybridized carbons (Fsp3) is 0.385. The van der Waals surface area contributed by atoms with Crippen LogP contribution in [0.15, 0.2) is 59.0 Å². The molecular weight excluding hydrogens is 419 g/mol. The number of halogens is 1. The second-order valence-electron chi connectivity index (χ2n) is 8.46. The zero-order chi connectivity index (χ0) is 23.0. The van der Waals surface area contributed by atoms with Crippen LogP contribution >= 0.6 is 0 Å². The summed E-state index contributed by atoms with van der Waals surface area (Å²) in [4.78, 5) is 21.7. The lowest BCUT2D eigenvalue weighted by Crippen LogP contribution is -2.36. The number of benzene rings is 2. The van der Waals surface area contributed by atoms with Crippen LogP contribution in [0.5, 0.6) is 0 Å². The first-order chi connectivity index (χ1) is 16.1. The van der Waals surface area contributed by atoms with Crippen molar-refractivity contribution in [3.8, 4) is 11.3 Å². The van der Waals surface area contributed by atoms with Gasteiger partial charge in [-0.3, -0.25) is 14.6 Å². The number of amides is 1. The van der Waals surface area contributed by atoms with Gasteiger partial charge < -0.3 is 9.73 Å². The number of oxazole rings is 1. The van der Waals surface area contributed by atoms with Crippen LogP contribution in [-0.4, -0.2) is 53.4 Å². The molecule has 1 aromatic heterocycles. The standard InChI is InChI=1S/C26H31FN4O2/c1-2-8-23-26(20-9-4-3-5-10-20)29-25(33-23)19-31-14-7-13-30(15-16-31)18-24(32)28-22-12-6-11-21(27)17-22/h3-6,9-12,17H,2,7-8,13-16,18-19H2,1H3,(H,28,32). The summed E-state index contributed by atoms with van der Waals surface area (Å²) < 4.78 is 19.5. The Morgan fingerprint density at radius 2 is 1.85 bits per heavy atom. The highest BCUT2D eigenvalue weighted by molar-refractivity contribution is 5.92. The predicted octanol–water partition coefficient (Wildman–Crippen LogP) is 4.58. The van der Waals surface area contributed by atoms with E-state index < -0.39 is 0 Å². The summed E-state index contributed by atoms with van der Waals surface area (Å²) in [5, 5.41) is 2.78. The highest BCUT2D eigenvalue weighted by atomic mass is 19.1. The maximum absolute atomic E-state index is 13.3. The van der Waals surface area contributed by atoms with E-state index in [0.29, 0.717) is 18.8 Å². The molecule has 0 atom stereocenters. The van der Waals surface area contributed by atoms with E-state index in [1.165, 1.54) is 12.1 Å². The molecule has 0 unspecified atom stereocenters. The molecule has 1 N–H and O–H groups in total. The van der Waals surface area contributed by atoms with Gasteiger partial charge >= 0.3 is 0 Å². The number of aromatic nitrogens is 1. The number of nitrogens with zero attached hydrogens (tertiary/aromatic N) is 3. The normalized spacial score (nSPS) is 15.3. The molecule has 0 radical (unpaired) electrons. The van der Waals surface area contributed by atoms with Crippen LogP contribution in [0.1, 0.15) is 31.4 Å². The molecule has 1 fully saturated rings. The van der Waals surface area contributed by atoms with Crippen LogP contribution in [0.2, 0.25) is 0 Å². The molecular formula is C26H31FN4O2. The molecule has 0 saturated carbocycles. The van der Waals surface area contributed by atoms with Crippen molar-refractivity contribution in [3.05, 3.63) is 72.1 Å². The van der Waals surface area contributed by atoms with E-state index in [2.05, 4.69) is 34.2 Å². The summed E-state index contributed by atoms with van der Waals surface area (Å²) in [6, 6.07) is 16.2. The van der Waals surface area contributed by atoms with E-state index in [1.807, 2.05) is 18.2 Å². The number of aryl methyl sites for hydroxylation is 1. The number of nitrogens with one attached hydrogen (secondary N) is 1. The minimum atomic E-state index is -0.359. The average molecular weight is 451 g/mol. The molecule has 1 saturated heterocycles. The van der Waals surface area contributed by atoms with Gasteiger partial charge in [0, 0.05) is 30.8 Å². The number of carbonyl (C=O) groups excluding carboxylic acids is 1. The summed E-state index contributed by atoms with van der Waals surface area (Å²) in [7, 11) is 0. The Balaban J connectivity index is 1.33. The molecule has 1 aliphatic heterocycles. The maximum atomic E-state index is 13.3. The Morgan fingerprint density at radius 1 is 1.06 bits per heavy atom. The maximum Gasteiger partial charge on any atom is 0.238 e. The fourth-order valence-electron chi connectivity index (χ4n) is 4.19. The summed E-state index contributed by atoms with van der Waals surface area (Å²) in [5.74, 6) is 1.21. The summed E-state index contributed by atoms with van der Waals surface area (Å²) >= 11 is 0. The number of carbonyl (C=O) groups is 1. The lowest BCUT2D eigenvalue weighted by molar-refractivity contribution is -0.117. The molecule has 174 valence electrons. The van der Waals surface area contributed by atoms with Gasteiger partial charge in [-0.05, 0) is 44.1 Å². The second-order valence-corrected chi connectivity index (χ2v) is 8.46. The van der Waals surface area contributed by atoms with Crippen molar-refractivity contribution in [2.24, 2.45) is 0 Å². The van der Waals surface area contributed by atoms with Crippen molar-refractivity contribution in [1.29, 1.82) is 0 Å². The topological polar surface area (TPSA) is 61.6 Å². The lowest BCUT2D eigenvalue weighted by atomic mass is 10.1. The molecule has 1 aliphatic rings. The minimum absolute atomic E-state index is 0.126. The molecule has 33 heavy (non-hydrogen) atoms. The van der Waals surface area contributed by atoms with E-state index in [9.17, 15) is 9.18 Å². The largest absolute Gasteiger partial charge is 0.444 e. The first kappa shape index (κ1) is 23.1. The Hall–Kier alpha value is -3.03. The Kier molecular flexibility index (Phi) is 7.86. The molecule has 7 heteroatoms. The van der Waals surface area contributed by atoms with Crippen LogP contribution in [0.25, 0.3) is 11.3 Å². The van der Waals surface area contributed by atoms with E-state index >= 15 is 0 Å². The second kappa shape index (κ2) is 11.2. The van der Waals surface area contributed by atoms with Gasteiger partial charge in [-0.1, -0.05) is 43.3 Å². The van der Waals surface area contributed by atoms with E-state index in [1.54, 1.807) is 12.1 Å². The van der Waals surface area contributed by atoms with Gasteiger partial charge in [0.1, 0.15) is 17.3 Å². The quantitative estimate of drug-likeness (QED) is 0.544. The molecule has 6 nitrogen and oxygen atoms in total. The van der Waals surface area contributed by atoms with Gasteiger partial charge in [-0.15, -0.1) is 0 Å². The molecule has 3 aromatic rings. The van der Waals surface area contributed by atoms with Crippen molar-refractivity contribution >= 4 is 11.6 Å². The van der Waals surface area contributed by atoms with E-state index in [-0.39, 0.29) is 11.7 Å². The van der Waals surface area contributed by atoms with Gasteiger partial charge in [-0.2, -0.15) is 0 Å². The average Bonchev–Trinajstić information content (AvgIpc) is 3.06. The number of anilines is 1. The highest BCUT2D eigenvalue weighted by Gasteiger charge is 2.20. The Morgan fingerprint density at radius 3 is 2.64 bits per heavy atom. The number of hydrogen-bond donors (Lipinski definition) is 1. The fourth-order valence-corrected chi connectivity index (χ4v) is 4.19. The summed E-state index contributed by atoms with van der Waals surface area (Å²) in [6.45, 7) is 6.48. The van der Waals surface area contributed by atoms with Gasteiger partial charge in [0.2, 0.25) is 11.8 Å². The van der Waals surface area contributed by atoms with Crippen LogP contribution in [0.4, 0.5) is 10.1 Å². The lowest BCUT2D eigenvalue weighted by Gasteiger charge is -2.20. The first-order valence-electron chi connectivity index (χ1n) is 11.6. The third-order valence-corrected chi connectivity index (χ3v) is 5.78. The van der Waals surface area contributed by atoms with Crippen LogP contribution < -0.4 is 5.32 Å². The molecule has 0 bridgehead atoms. The zero-order valence-corrected chi connectivity index (χ0v) is 19.1. The molecule has 2 heterocycles. The van der Waals surface area contributed by atoms with E-state index in [0.717, 1.165) is 68.3 Å². The van der Waals surface area contributed by atoms with Crippen molar-refractivity contribution in [2.75, 3.05) is 38.0 Å². The van der Waals surface area contributed by atoms with Gasteiger partial charge in [-0.25, -0.2) is 9.37 Å². The van der Waals surface area contributed by atoms with Crippen molar-refractivity contribution < 1.29 is 13.6 Å². The molecule has 1 amide bonds. The summed E-state index contributed by atoms with van der Waals surface area (Å²) in [5.41, 5.74) is 2.51. The first-order valence-corrected chi connectivity index (χ1v) is 11.6. The van der Waals surface area contributed by atoms with E-state index in [4.69, 9.17) is 9.40 Å². The van der Waals surface area contributed by atoms with Crippen LogP contribution in [-0.2, 0) is 17.8 Å². The highest BCUT2D eigenvalue weighted by Crippen LogP contribution is 2.26. The van der Waals surface area contributed by atoms with Crippen LogP contribution in [0, 0.1) is 5.82 Å². The monoisotopic (exact) mass is 450 g/mol. The van der Waals surface area contributed by atoms with Crippen LogP contribution in [0.3, 0.4) is 0 Å². The van der Waals surface area contributed by atoms with Crippen molar-refractivity contribution in [3.63, 3.8) is 0 Å². The summed E-state index contributed by atoms with van der Waals surface area (Å²) in [6.07, 6.45) is 2.83. The van der Waals surface area contributed by atoms with Crippen molar-refractivity contribution in [1.82, 2.24) is 14.8 Å². The minimum Gasteiger partial charge on any atom is -0.444 e. The third-order valence-electron chi connectivity index (χ3n) is 5.78. The Labute approximate surface area is 194 Å². The molecule has 4 rings (SSSR count). The van der Waals surface area contributed by atoms with Crippen molar-refractivity contribution in [2.45, 2.75) is 32.7 Å². The smallest absolute Gasteiger partial charge is 0.238 e. The van der Waals surface area contributed by atoms with Gasteiger partial charge in [0.15, 0.2) is 0 Å². The number of hydrogen-bond acceptors (Lipinski definition) is 5. The third kappa shape index (κ3) is 6.49. The SMILES string of the molecule is CCCc1oc(CN2CCCN(CC(=O)Nc3cccc(F)c3)CC2)nc1-c1ccccc1. The number of rotatable bonds is 8. The molecule has 2 aromatic carbocycles.